The fourth-order valence-electron chi connectivity index (χ4n) is 1.80. The molecular formula is C14H12BrF3N2O. The number of hydrogen-bond donors (Lipinski definition) is 1. The van der Waals surface area contributed by atoms with Crippen molar-refractivity contribution < 1.29 is 18.0 Å². The molecule has 0 aliphatic heterocycles. The number of hydrogen-bond acceptors (Lipinski definition) is 1. The van der Waals surface area contributed by atoms with E-state index in [1.807, 2.05) is 29.1 Å². The van der Waals surface area contributed by atoms with Gasteiger partial charge >= 0.3 is 6.18 Å². The number of rotatable bonds is 4. The average Bonchev–Trinajstić information content (AvgIpc) is 2.91. The lowest BCUT2D eigenvalue weighted by Crippen LogP contribution is -2.27. The van der Waals surface area contributed by atoms with Crippen LogP contribution in [-0.4, -0.2) is 17.0 Å². The molecule has 112 valence electrons. The summed E-state index contributed by atoms with van der Waals surface area (Å²) < 4.78 is 40.1. The van der Waals surface area contributed by atoms with Crippen molar-refractivity contribution in [2.75, 3.05) is 6.54 Å². The zero-order valence-electron chi connectivity index (χ0n) is 10.8. The predicted molar refractivity (Wildman–Crippen MR) is 75.9 cm³/mol. The average molecular weight is 361 g/mol. The summed E-state index contributed by atoms with van der Waals surface area (Å²) in [7, 11) is 0. The van der Waals surface area contributed by atoms with Gasteiger partial charge in [-0.15, -0.1) is 0 Å². The summed E-state index contributed by atoms with van der Waals surface area (Å²) in [6.45, 7) is 0.895. The molecular weight excluding hydrogens is 349 g/mol. The molecule has 0 bridgehead atoms. The van der Waals surface area contributed by atoms with Crippen LogP contribution in [0.5, 0.6) is 0 Å². The molecule has 2 rings (SSSR count). The molecule has 0 atom stereocenters. The molecule has 2 aromatic rings. The normalized spacial score (nSPS) is 11.4. The number of amides is 1. The highest BCUT2D eigenvalue weighted by molar-refractivity contribution is 9.10. The molecule has 1 heterocycles. The zero-order valence-corrected chi connectivity index (χ0v) is 12.4. The van der Waals surface area contributed by atoms with E-state index in [4.69, 9.17) is 0 Å². The topological polar surface area (TPSA) is 34.0 Å². The fraction of sp³-hybridized carbons (Fsp3) is 0.214. The van der Waals surface area contributed by atoms with E-state index in [1.165, 1.54) is 12.1 Å². The van der Waals surface area contributed by atoms with E-state index < -0.39 is 17.6 Å². The molecule has 0 aliphatic rings. The minimum Gasteiger partial charge on any atom is -0.353 e. The van der Waals surface area contributed by atoms with E-state index in [9.17, 15) is 18.0 Å². The number of nitrogens with one attached hydrogen (secondary N) is 1. The quantitative estimate of drug-likeness (QED) is 0.886. The van der Waals surface area contributed by atoms with Crippen LogP contribution >= 0.6 is 15.9 Å². The van der Waals surface area contributed by atoms with E-state index in [0.29, 0.717) is 13.1 Å². The third kappa shape index (κ3) is 4.10. The van der Waals surface area contributed by atoms with Gasteiger partial charge in [0.25, 0.3) is 5.91 Å². The van der Waals surface area contributed by atoms with Gasteiger partial charge in [0.15, 0.2) is 0 Å². The third-order valence-corrected chi connectivity index (χ3v) is 3.55. The SMILES string of the molecule is O=C(NCCn1cccc1)c1ccc(Br)c(C(F)(F)F)c1. The summed E-state index contributed by atoms with van der Waals surface area (Å²) in [5.74, 6) is -0.528. The van der Waals surface area contributed by atoms with Gasteiger partial charge in [0.05, 0.1) is 5.56 Å². The Morgan fingerprint density at radius 2 is 1.90 bits per heavy atom. The van der Waals surface area contributed by atoms with Crippen molar-refractivity contribution in [1.29, 1.82) is 0 Å². The van der Waals surface area contributed by atoms with Gasteiger partial charge < -0.3 is 9.88 Å². The highest BCUT2D eigenvalue weighted by Crippen LogP contribution is 2.35. The minimum absolute atomic E-state index is 0.0157. The molecule has 1 amide bonds. The highest BCUT2D eigenvalue weighted by atomic mass is 79.9. The summed E-state index contributed by atoms with van der Waals surface area (Å²) >= 11 is 2.84. The molecule has 7 heteroatoms. The van der Waals surface area contributed by atoms with Crippen molar-refractivity contribution >= 4 is 21.8 Å². The first-order valence-corrected chi connectivity index (χ1v) is 6.93. The Bertz CT molecular complexity index is 624. The summed E-state index contributed by atoms with van der Waals surface area (Å²) in [4.78, 5) is 11.9. The van der Waals surface area contributed by atoms with Gasteiger partial charge in [-0.05, 0) is 30.3 Å². The van der Waals surface area contributed by atoms with Crippen LogP contribution in [0.4, 0.5) is 13.2 Å². The number of alkyl halides is 3. The molecule has 1 N–H and O–H groups in total. The lowest BCUT2D eigenvalue weighted by Gasteiger charge is -2.11. The van der Waals surface area contributed by atoms with Gasteiger partial charge in [0.1, 0.15) is 0 Å². The van der Waals surface area contributed by atoms with Crippen LogP contribution in [0, 0.1) is 0 Å². The molecule has 0 aliphatic carbocycles. The number of aromatic nitrogens is 1. The van der Waals surface area contributed by atoms with Crippen molar-refractivity contribution in [1.82, 2.24) is 9.88 Å². The molecule has 1 aromatic heterocycles. The lowest BCUT2D eigenvalue weighted by atomic mass is 10.1. The number of carbonyl (C=O) groups excluding carboxylic acids is 1. The summed E-state index contributed by atoms with van der Waals surface area (Å²) in [6, 6.07) is 7.13. The molecule has 3 nitrogen and oxygen atoms in total. The van der Waals surface area contributed by atoms with Gasteiger partial charge in [-0.25, -0.2) is 0 Å². The number of benzene rings is 1. The Morgan fingerprint density at radius 3 is 2.52 bits per heavy atom. The number of halogens is 4. The van der Waals surface area contributed by atoms with Crippen molar-refractivity contribution in [2.24, 2.45) is 0 Å². The Kier molecular flexibility index (Phi) is 4.72. The lowest BCUT2D eigenvalue weighted by molar-refractivity contribution is -0.138. The van der Waals surface area contributed by atoms with Gasteiger partial charge in [-0.2, -0.15) is 13.2 Å². The molecule has 0 saturated heterocycles. The maximum absolute atomic E-state index is 12.8. The second-order valence-corrected chi connectivity index (χ2v) is 5.22. The van der Waals surface area contributed by atoms with Crippen LogP contribution in [0.25, 0.3) is 0 Å². The maximum atomic E-state index is 12.8. The van der Waals surface area contributed by atoms with Crippen LogP contribution in [0.2, 0.25) is 0 Å². The van der Waals surface area contributed by atoms with E-state index in [1.54, 1.807) is 0 Å². The summed E-state index contributed by atoms with van der Waals surface area (Å²) in [6.07, 6.45) is -0.818. The standard InChI is InChI=1S/C14H12BrF3N2O/c15-12-4-3-10(9-11(12)14(16,17)18)13(21)19-5-8-20-6-1-2-7-20/h1-4,6-7,9H,5,8H2,(H,19,21). The first-order chi connectivity index (χ1) is 9.88. The second kappa shape index (κ2) is 6.34. The maximum Gasteiger partial charge on any atom is 0.417 e. The molecule has 1 aromatic carbocycles. The first-order valence-electron chi connectivity index (χ1n) is 6.13. The molecule has 0 radical (unpaired) electrons. The number of nitrogens with zero attached hydrogens (tertiary/aromatic N) is 1. The Morgan fingerprint density at radius 1 is 1.24 bits per heavy atom. The fourth-order valence-corrected chi connectivity index (χ4v) is 2.28. The Hall–Kier alpha value is -1.76. The largest absolute Gasteiger partial charge is 0.417 e. The second-order valence-electron chi connectivity index (χ2n) is 4.37. The number of carbonyl (C=O) groups is 1. The first kappa shape index (κ1) is 15.6. The monoisotopic (exact) mass is 360 g/mol. The van der Waals surface area contributed by atoms with Crippen LogP contribution in [-0.2, 0) is 12.7 Å². The van der Waals surface area contributed by atoms with E-state index in [0.717, 1.165) is 6.07 Å². The van der Waals surface area contributed by atoms with Crippen LogP contribution < -0.4 is 5.32 Å². The van der Waals surface area contributed by atoms with Gasteiger partial charge in [0, 0.05) is 35.5 Å². The molecule has 0 spiro atoms. The molecule has 21 heavy (non-hydrogen) atoms. The van der Waals surface area contributed by atoms with E-state index in [-0.39, 0.29) is 10.0 Å². The Labute approximate surface area is 127 Å². The van der Waals surface area contributed by atoms with Crippen LogP contribution in [0.15, 0.2) is 47.2 Å². The van der Waals surface area contributed by atoms with Crippen LogP contribution in [0.3, 0.4) is 0 Å². The van der Waals surface area contributed by atoms with Crippen molar-refractivity contribution in [3.05, 3.63) is 58.3 Å². The van der Waals surface area contributed by atoms with Crippen molar-refractivity contribution in [2.45, 2.75) is 12.7 Å². The molecule has 0 fully saturated rings. The van der Waals surface area contributed by atoms with Crippen molar-refractivity contribution in [3.8, 4) is 0 Å². The van der Waals surface area contributed by atoms with Crippen LogP contribution in [0.1, 0.15) is 15.9 Å². The minimum atomic E-state index is -4.50. The molecule has 0 saturated carbocycles. The van der Waals surface area contributed by atoms with Gasteiger partial charge in [-0.3, -0.25) is 4.79 Å². The Balaban J connectivity index is 2.02. The zero-order chi connectivity index (χ0) is 15.5. The highest BCUT2D eigenvalue weighted by Gasteiger charge is 2.33. The third-order valence-electron chi connectivity index (χ3n) is 2.86. The van der Waals surface area contributed by atoms with Crippen molar-refractivity contribution in [3.63, 3.8) is 0 Å². The van der Waals surface area contributed by atoms with E-state index in [2.05, 4.69) is 21.2 Å². The van der Waals surface area contributed by atoms with Gasteiger partial charge in [0.2, 0.25) is 0 Å². The summed E-state index contributed by atoms with van der Waals surface area (Å²) in [5.41, 5.74) is -0.876. The van der Waals surface area contributed by atoms with Gasteiger partial charge in [-0.1, -0.05) is 15.9 Å². The molecule has 0 unspecified atom stereocenters. The predicted octanol–water partition coefficient (Wildman–Crippen LogP) is 3.70. The smallest absolute Gasteiger partial charge is 0.353 e. The summed E-state index contributed by atoms with van der Waals surface area (Å²) in [5, 5.41) is 2.59. The van der Waals surface area contributed by atoms with E-state index >= 15 is 0 Å².